The number of carbonyl (C=O) groups is 1. The fourth-order valence-electron chi connectivity index (χ4n) is 2.77. The molecule has 0 amide bonds. The van der Waals surface area contributed by atoms with E-state index in [9.17, 15) is 4.79 Å². The Morgan fingerprint density at radius 2 is 1.75 bits per heavy atom. The van der Waals surface area contributed by atoms with Crippen molar-refractivity contribution in [1.29, 1.82) is 0 Å². The van der Waals surface area contributed by atoms with Gasteiger partial charge in [0.2, 0.25) is 0 Å². The maximum Gasteiger partial charge on any atom is 0.335 e. The molecular formula is C16H23NO3. The highest BCUT2D eigenvalue weighted by atomic mass is 16.5. The smallest absolute Gasteiger partial charge is 0.335 e. The van der Waals surface area contributed by atoms with Crippen LogP contribution in [-0.4, -0.2) is 30.3 Å². The van der Waals surface area contributed by atoms with Gasteiger partial charge in [0, 0.05) is 12.6 Å². The normalized spacial score (nSPS) is 19.6. The van der Waals surface area contributed by atoms with Gasteiger partial charge < -0.3 is 15.2 Å². The number of ether oxygens (including phenoxy) is 1. The monoisotopic (exact) mass is 277 g/mol. The molecule has 1 aliphatic carbocycles. The zero-order chi connectivity index (χ0) is 15.0. The van der Waals surface area contributed by atoms with Crippen LogP contribution in [0.5, 0.6) is 5.75 Å². The van der Waals surface area contributed by atoms with Crippen LogP contribution < -0.4 is 10.1 Å². The fourth-order valence-corrected chi connectivity index (χ4v) is 2.77. The van der Waals surface area contributed by atoms with Crippen molar-refractivity contribution in [3.05, 3.63) is 29.8 Å². The molecule has 0 heterocycles. The van der Waals surface area contributed by atoms with Gasteiger partial charge in [-0.25, -0.2) is 4.79 Å². The molecule has 0 aromatic heterocycles. The molecule has 1 fully saturated rings. The number of nitrogens with one attached hydrogen (secondary N) is 1. The van der Waals surface area contributed by atoms with Crippen molar-refractivity contribution in [3.8, 4) is 5.75 Å². The van der Waals surface area contributed by atoms with E-state index in [0.717, 1.165) is 6.54 Å². The minimum atomic E-state index is -0.920. The van der Waals surface area contributed by atoms with Crippen LogP contribution in [0.2, 0.25) is 0 Å². The quantitative estimate of drug-likeness (QED) is 0.785. The summed E-state index contributed by atoms with van der Waals surface area (Å²) in [4.78, 5) is 10.7. The molecule has 0 unspecified atom stereocenters. The van der Waals surface area contributed by atoms with E-state index in [1.54, 1.807) is 24.3 Å². The standard InChI is InChI=1S/C16H23NO3/c1-15(2)14(16(15,3)4)17-9-10-20-12-7-5-11(6-8-12)13(18)19/h5-8,14,17H,9-10H2,1-4H3,(H,18,19). The maximum absolute atomic E-state index is 10.7. The first-order valence-corrected chi connectivity index (χ1v) is 6.96. The van der Waals surface area contributed by atoms with Crippen LogP contribution in [0, 0.1) is 10.8 Å². The number of hydrogen-bond acceptors (Lipinski definition) is 3. The Bertz CT molecular complexity index is 477. The molecule has 4 nitrogen and oxygen atoms in total. The molecule has 0 aliphatic heterocycles. The van der Waals surface area contributed by atoms with Crippen molar-refractivity contribution < 1.29 is 14.6 Å². The first-order valence-electron chi connectivity index (χ1n) is 6.96. The zero-order valence-electron chi connectivity index (χ0n) is 12.6. The molecule has 110 valence electrons. The van der Waals surface area contributed by atoms with Gasteiger partial charge in [-0.3, -0.25) is 0 Å². The molecular weight excluding hydrogens is 254 g/mol. The number of carboxylic acids is 1. The van der Waals surface area contributed by atoms with Crippen LogP contribution in [0.4, 0.5) is 0 Å². The molecule has 1 aliphatic rings. The van der Waals surface area contributed by atoms with Crippen molar-refractivity contribution in [1.82, 2.24) is 5.32 Å². The Morgan fingerprint density at radius 1 is 1.20 bits per heavy atom. The minimum absolute atomic E-state index is 0.275. The van der Waals surface area contributed by atoms with Crippen LogP contribution >= 0.6 is 0 Å². The SMILES string of the molecule is CC1(C)C(NCCOc2ccc(C(=O)O)cc2)C1(C)C. The second-order valence-electron chi connectivity index (χ2n) is 6.51. The molecule has 0 radical (unpaired) electrons. The van der Waals surface area contributed by atoms with E-state index < -0.39 is 5.97 Å². The Morgan fingerprint density at radius 3 is 2.20 bits per heavy atom. The predicted molar refractivity (Wildman–Crippen MR) is 78.2 cm³/mol. The predicted octanol–water partition coefficient (Wildman–Crippen LogP) is 2.79. The van der Waals surface area contributed by atoms with Gasteiger partial charge in [0.25, 0.3) is 0 Å². The fraction of sp³-hybridized carbons (Fsp3) is 0.562. The third-order valence-electron chi connectivity index (χ3n) is 4.84. The number of carboxylic acid groups (broad SMARTS) is 1. The molecule has 1 aromatic rings. The largest absolute Gasteiger partial charge is 0.492 e. The summed E-state index contributed by atoms with van der Waals surface area (Å²) in [6.45, 7) is 10.5. The lowest BCUT2D eigenvalue weighted by molar-refractivity contribution is 0.0697. The summed E-state index contributed by atoms with van der Waals surface area (Å²) in [5.41, 5.74) is 0.934. The lowest BCUT2D eigenvalue weighted by atomic mass is 10.0. The van der Waals surface area contributed by atoms with E-state index in [-0.39, 0.29) is 5.56 Å². The summed E-state index contributed by atoms with van der Waals surface area (Å²) in [5, 5.41) is 12.3. The highest BCUT2D eigenvalue weighted by Crippen LogP contribution is 2.62. The molecule has 0 saturated heterocycles. The Balaban J connectivity index is 1.73. The van der Waals surface area contributed by atoms with Crippen molar-refractivity contribution in [2.45, 2.75) is 33.7 Å². The summed E-state index contributed by atoms with van der Waals surface area (Å²) < 4.78 is 5.60. The molecule has 20 heavy (non-hydrogen) atoms. The van der Waals surface area contributed by atoms with E-state index in [1.807, 2.05) is 0 Å². The van der Waals surface area contributed by atoms with Crippen molar-refractivity contribution in [3.63, 3.8) is 0 Å². The molecule has 0 atom stereocenters. The number of benzene rings is 1. The average Bonchev–Trinajstić information content (AvgIpc) is 2.76. The average molecular weight is 277 g/mol. The van der Waals surface area contributed by atoms with E-state index >= 15 is 0 Å². The van der Waals surface area contributed by atoms with E-state index in [1.165, 1.54) is 0 Å². The Labute approximate surface area is 120 Å². The van der Waals surface area contributed by atoms with Gasteiger partial charge in [-0.1, -0.05) is 27.7 Å². The van der Waals surface area contributed by atoms with Gasteiger partial charge in [0.05, 0.1) is 5.56 Å². The zero-order valence-corrected chi connectivity index (χ0v) is 12.6. The van der Waals surface area contributed by atoms with Crippen LogP contribution in [-0.2, 0) is 0 Å². The number of hydrogen-bond donors (Lipinski definition) is 2. The summed E-state index contributed by atoms with van der Waals surface area (Å²) in [7, 11) is 0. The van der Waals surface area contributed by atoms with Gasteiger partial charge in [-0.2, -0.15) is 0 Å². The first kappa shape index (κ1) is 14.9. The van der Waals surface area contributed by atoms with Crippen molar-refractivity contribution >= 4 is 5.97 Å². The van der Waals surface area contributed by atoms with E-state index in [2.05, 4.69) is 33.0 Å². The number of aromatic carboxylic acids is 1. The summed E-state index contributed by atoms with van der Waals surface area (Å²) >= 11 is 0. The second-order valence-corrected chi connectivity index (χ2v) is 6.51. The van der Waals surface area contributed by atoms with Crippen LogP contribution in [0.3, 0.4) is 0 Å². The van der Waals surface area contributed by atoms with E-state index in [4.69, 9.17) is 9.84 Å². The van der Waals surface area contributed by atoms with Gasteiger partial charge in [0.1, 0.15) is 12.4 Å². The number of rotatable bonds is 6. The molecule has 2 N–H and O–H groups in total. The highest BCUT2D eigenvalue weighted by molar-refractivity contribution is 5.87. The second kappa shape index (κ2) is 5.09. The molecule has 2 rings (SSSR count). The summed E-state index contributed by atoms with van der Waals surface area (Å²) in [6, 6.07) is 7.01. The third kappa shape index (κ3) is 2.66. The van der Waals surface area contributed by atoms with Crippen molar-refractivity contribution in [2.75, 3.05) is 13.2 Å². The van der Waals surface area contributed by atoms with Crippen molar-refractivity contribution in [2.24, 2.45) is 10.8 Å². The van der Waals surface area contributed by atoms with Gasteiger partial charge in [0.15, 0.2) is 0 Å². The van der Waals surface area contributed by atoms with Gasteiger partial charge in [-0.15, -0.1) is 0 Å². The summed E-state index contributed by atoms with van der Waals surface area (Å²) in [6.07, 6.45) is 0. The molecule has 1 saturated carbocycles. The van der Waals surface area contributed by atoms with E-state index in [0.29, 0.717) is 29.2 Å². The van der Waals surface area contributed by atoms with Gasteiger partial charge in [-0.05, 0) is 35.1 Å². The van der Waals surface area contributed by atoms with Gasteiger partial charge >= 0.3 is 5.97 Å². The molecule has 0 spiro atoms. The van der Waals surface area contributed by atoms with Crippen LogP contribution in [0.15, 0.2) is 24.3 Å². The molecule has 0 bridgehead atoms. The molecule has 1 aromatic carbocycles. The highest BCUT2D eigenvalue weighted by Gasteiger charge is 2.64. The minimum Gasteiger partial charge on any atom is -0.492 e. The first-order chi connectivity index (χ1) is 9.26. The lowest BCUT2D eigenvalue weighted by Crippen LogP contribution is -2.27. The Hall–Kier alpha value is -1.55. The maximum atomic E-state index is 10.7. The van der Waals surface area contributed by atoms with Crippen LogP contribution in [0.25, 0.3) is 0 Å². The topological polar surface area (TPSA) is 58.6 Å². The summed E-state index contributed by atoms with van der Waals surface area (Å²) in [5.74, 6) is -0.220. The molecule has 4 heteroatoms. The third-order valence-corrected chi connectivity index (χ3v) is 4.84. The lowest BCUT2D eigenvalue weighted by Gasteiger charge is -2.09. The van der Waals surface area contributed by atoms with Crippen LogP contribution in [0.1, 0.15) is 38.1 Å². The Kier molecular flexibility index (Phi) is 3.78.